The van der Waals surface area contributed by atoms with Gasteiger partial charge >= 0.3 is 0 Å². The highest BCUT2D eigenvalue weighted by molar-refractivity contribution is 5.52. The lowest BCUT2D eigenvalue weighted by Crippen LogP contribution is -2.12. The number of hydrogen-bond donors (Lipinski definition) is 1. The van der Waals surface area contributed by atoms with Gasteiger partial charge in [-0.2, -0.15) is 5.10 Å². The van der Waals surface area contributed by atoms with Gasteiger partial charge in [0.15, 0.2) is 5.82 Å². The highest BCUT2D eigenvalue weighted by atomic mass is 15.3. The number of aryl methyl sites for hydroxylation is 2. The molecule has 0 fully saturated rings. The number of hydrogen-bond acceptors (Lipinski definition) is 4. The van der Waals surface area contributed by atoms with Crippen LogP contribution in [0.2, 0.25) is 0 Å². The van der Waals surface area contributed by atoms with E-state index in [2.05, 4.69) is 54.1 Å². The predicted octanol–water partition coefficient (Wildman–Crippen LogP) is 2.78. The second-order valence-electron chi connectivity index (χ2n) is 4.65. The zero-order chi connectivity index (χ0) is 14.5. The van der Waals surface area contributed by atoms with Crippen LogP contribution >= 0.6 is 0 Å². The summed E-state index contributed by atoms with van der Waals surface area (Å²) in [6.07, 6.45) is 4.37. The lowest BCUT2D eigenvalue weighted by atomic mass is 10.2. The van der Waals surface area contributed by atoms with Crippen molar-refractivity contribution in [3.8, 4) is 5.82 Å². The molecule has 108 valence electrons. The quantitative estimate of drug-likeness (QED) is 0.879. The topological polar surface area (TPSA) is 55.6 Å². The van der Waals surface area contributed by atoms with Gasteiger partial charge in [0.05, 0.1) is 5.69 Å². The first kappa shape index (κ1) is 14.5. The number of rotatable bonds is 6. The van der Waals surface area contributed by atoms with Crippen LogP contribution in [0.15, 0.2) is 12.4 Å². The van der Waals surface area contributed by atoms with Crippen molar-refractivity contribution in [2.24, 2.45) is 0 Å². The van der Waals surface area contributed by atoms with E-state index < -0.39 is 0 Å². The smallest absolute Gasteiger partial charge is 0.162 e. The summed E-state index contributed by atoms with van der Waals surface area (Å²) in [5, 5.41) is 7.98. The molecule has 0 aromatic carbocycles. The predicted molar refractivity (Wildman–Crippen MR) is 81.5 cm³/mol. The summed E-state index contributed by atoms with van der Waals surface area (Å²) in [5.41, 5.74) is 3.42. The Kier molecular flexibility index (Phi) is 4.71. The second-order valence-corrected chi connectivity index (χ2v) is 4.65. The zero-order valence-corrected chi connectivity index (χ0v) is 12.8. The molecule has 0 saturated heterocycles. The molecule has 0 aliphatic carbocycles. The van der Waals surface area contributed by atoms with Crippen LogP contribution in [0.1, 0.15) is 44.6 Å². The van der Waals surface area contributed by atoms with Crippen molar-refractivity contribution in [1.82, 2.24) is 19.7 Å². The molecule has 0 aliphatic rings. The number of nitrogens with zero attached hydrogens (tertiary/aromatic N) is 4. The van der Waals surface area contributed by atoms with Gasteiger partial charge < -0.3 is 5.32 Å². The first-order valence-corrected chi connectivity index (χ1v) is 7.40. The fourth-order valence-electron chi connectivity index (χ4n) is 2.31. The maximum atomic E-state index is 4.68. The van der Waals surface area contributed by atoms with Crippen molar-refractivity contribution >= 4 is 5.82 Å². The second kappa shape index (κ2) is 6.50. The van der Waals surface area contributed by atoms with Crippen molar-refractivity contribution < 1.29 is 0 Å². The standard InChI is InChI=1S/C15H23N5/c1-5-11-9-12(6-2)20(19-11)15-13(7-3)14(16-8-4)17-10-18-15/h9-10H,5-8H2,1-4H3,(H,16,17,18). The van der Waals surface area contributed by atoms with E-state index in [-0.39, 0.29) is 0 Å². The monoisotopic (exact) mass is 273 g/mol. The highest BCUT2D eigenvalue weighted by Crippen LogP contribution is 2.21. The molecule has 0 radical (unpaired) electrons. The summed E-state index contributed by atoms with van der Waals surface area (Å²) in [6, 6.07) is 2.16. The van der Waals surface area contributed by atoms with Crippen molar-refractivity contribution in [3.63, 3.8) is 0 Å². The SMILES string of the molecule is CCNc1ncnc(-n2nc(CC)cc2CC)c1CC. The minimum Gasteiger partial charge on any atom is -0.370 e. The molecule has 0 bridgehead atoms. The van der Waals surface area contributed by atoms with E-state index in [1.54, 1.807) is 6.33 Å². The van der Waals surface area contributed by atoms with Crippen LogP contribution in [0.4, 0.5) is 5.82 Å². The zero-order valence-electron chi connectivity index (χ0n) is 12.8. The number of nitrogens with one attached hydrogen (secondary N) is 1. The lowest BCUT2D eigenvalue weighted by molar-refractivity contribution is 0.756. The van der Waals surface area contributed by atoms with Crippen LogP contribution < -0.4 is 5.32 Å². The summed E-state index contributed by atoms with van der Waals surface area (Å²) in [6.45, 7) is 9.31. The minimum absolute atomic E-state index is 0.851. The third kappa shape index (κ3) is 2.66. The van der Waals surface area contributed by atoms with Gasteiger partial charge in [0, 0.05) is 17.8 Å². The molecule has 1 N–H and O–H groups in total. The van der Waals surface area contributed by atoms with E-state index in [0.29, 0.717) is 0 Å². The molecular weight excluding hydrogens is 250 g/mol. The van der Waals surface area contributed by atoms with Crippen LogP contribution in [0, 0.1) is 0 Å². The maximum Gasteiger partial charge on any atom is 0.162 e. The van der Waals surface area contributed by atoms with Gasteiger partial charge in [-0.05, 0) is 32.3 Å². The van der Waals surface area contributed by atoms with E-state index in [1.807, 2.05) is 4.68 Å². The van der Waals surface area contributed by atoms with E-state index in [1.165, 1.54) is 5.69 Å². The Morgan fingerprint density at radius 1 is 1.05 bits per heavy atom. The molecule has 0 unspecified atom stereocenters. The lowest BCUT2D eigenvalue weighted by Gasteiger charge is -2.13. The molecule has 2 aromatic heterocycles. The van der Waals surface area contributed by atoms with Gasteiger partial charge in [-0.25, -0.2) is 14.6 Å². The van der Waals surface area contributed by atoms with Crippen LogP contribution in [0.5, 0.6) is 0 Å². The Morgan fingerprint density at radius 3 is 2.45 bits per heavy atom. The van der Waals surface area contributed by atoms with Crippen LogP contribution in [-0.2, 0) is 19.3 Å². The van der Waals surface area contributed by atoms with Gasteiger partial charge in [0.2, 0.25) is 0 Å². The molecule has 20 heavy (non-hydrogen) atoms. The van der Waals surface area contributed by atoms with E-state index in [4.69, 9.17) is 0 Å². The summed E-state index contributed by atoms with van der Waals surface area (Å²) in [5.74, 6) is 1.81. The van der Waals surface area contributed by atoms with E-state index >= 15 is 0 Å². The van der Waals surface area contributed by atoms with Gasteiger partial charge in [-0.15, -0.1) is 0 Å². The van der Waals surface area contributed by atoms with Crippen molar-refractivity contribution in [2.45, 2.75) is 47.0 Å². The van der Waals surface area contributed by atoms with Crippen molar-refractivity contribution in [3.05, 3.63) is 29.3 Å². The van der Waals surface area contributed by atoms with Crippen LogP contribution in [0.3, 0.4) is 0 Å². The fourth-order valence-corrected chi connectivity index (χ4v) is 2.31. The van der Waals surface area contributed by atoms with Gasteiger partial charge in [0.25, 0.3) is 0 Å². The van der Waals surface area contributed by atoms with Gasteiger partial charge in [-0.3, -0.25) is 0 Å². The Morgan fingerprint density at radius 2 is 1.85 bits per heavy atom. The van der Waals surface area contributed by atoms with E-state index in [9.17, 15) is 0 Å². The first-order valence-electron chi connectivity index (χ1n) is 7.40. The summed E-state index contributed by atoms with van der Waals surface area (Å²) >= 11 is 0. The molecule has 5 nitrogen and oxygen atoms in total. The Labute approximate surface area is 120 Å². The number of aromatic nitrogens is 4. The third-order valence-electron chi connectivity index (χ3n) is 3.38. The normalized spacial score (nSPS) is 10.8. The number of anilines is 1. The molecule has 0 atom stereocenters. The third-order valence-corrected chi connectivity index (χ3v) is 3.38. The molecule has 2 aromatic rings. The highest BCUT2D eigenvalue weighted by Gasteiger charge is 2.15. The van der Waals surface area contributed by atoms with Crippen molar-refractivity contribution in [1.29, 1.82) is 0 Å². The maximum absolute atomic E-state index is 4.68. The summed E-state index contributed by atoms with van der Waals surface area (Å²) in [7, 11) is 0. The Hall–Kier alpha value is -1.91. The Bertz CT molecular complexity index is 574. The van der Waals surface area contributed by atoms with E-state index in [0.717, 1.165) is 48.7 Å². The minimum atomic E-state index is 0.851. The van der Waals surface area contributed by atoms with Crippen LogP contribution in [-0.4, -0.2) is 26.3 Å². The average molecular weight is 273 g/mol. The van der Waals surface area contributed by atoms with Gasteiger partial charge in [-0.1, -0.05) is 20.8 Å². The van der Waals surface area contributed by atoms with Gasteiger partial charge in [0.1, 0.15) is 12.1 Å². The average Bonchev–Trinajstić information content (AvgIpc) is 2.90. The molecule has 0 saturated carbocycles. The summed E-state index contributed by atoms with van der Waals surface area (Å²) in [4.78, 5) is 8.81. The molecule has 2 heterocycles. The van der Waals surface area contributed by atoms with Crippen LogP contribution in [0.25, 0.3) is 5.82 Å². The molecule has 0 amide bonds. The molecule has 0 aliphatic heterocycles. The molecule has 5 heteroatoms. The Balaban J connectivity index is 2.56. The largest absolute Gasteiger partial charge is 0.370 e. The first-order chi connectivity index (χ1) is 9.74. The fraction of sp³-hybridized carbons (Fsp3) is 0.533. The molecular formula is C15H23N5. The molecule has 0 spiro atoms. The summed E-state index contributed by atoms with van der Waals surface area (Å²) < 4.78 is 1.97. The molecule has 2 rings (SSSR count). The van der Waals surface area contributed by atoms with Crippen molar-refractivity contribution in [2.75, 3.05) is 11.9 Å².